The lowest BCUT2D eigenvalue weighted by Gasteiger charge is -2.22. The van der Waals surface area contributed by atoms with Gasteiger partial charge in [-0.05, 0) is 110 Å². The van der Waals surface area contributed by atoms with Gasteiger partial charge in [-0.1, -0.05) is 23.3 Å². The third-order valence-corrected chi connectivity index (χ3v) is 6.67. The Hall–Kier alpha value is -3.61. The molecule has 3 amide bonds. The van der Waals surface area contributed by atoms with Crippen LogP contribution in [0.2, 0.25) is 0 Å². The van der Waals surface area contributed by atoms with Gasteiger partial charge in [0, 0.05) is 22.0 Å². The average Bonchev–Trinajstić information content (AvgIpc) is 3.02. The number of rotatable bonds is 7. The molecule has 0 aliphatic carbocycles. The number of fused-ring (bicyclic) bond motifs is 1. The van der Waals surface area contributed by atoms with Crippen LogP contribution in [0.1, 0.15) is 77.6 Å². The van der Waals surface area contributed by atoms with E-state index in [1.54, 1.807) is 13.8 Å². The lowest BCUT2D eigenvalue weighted by Crippen LogP contribution is -2.42. The summed E-state index contributed by atoms with van der Waals surface area (Å²) in [6, 6.07) is 12.0. The number of nitrogens with zero attached hydrogens (tertiary/aromatic N) is 1. The number of hydrogen-bond acceptors (Lipinski definition) is 3. The van der Waals surface area contributed by atoms with Crippen molar-refractivity contribution in [1.29, 1.82) is 0 Å². The maximum atomic E-state index is 13.3. The number of carbonyl (C=O) groups is 3. The predicted octanol–water partition coefficient (Wildman–Crippen LogP) is 5.06. The first-order valence-corrected chi connectivity index (χ1v) is 13.4. The number of amides is 3. The number of carbonyl (C=O) groups excluding carboxylic acids is 3. The molecule has 0 bridgehead atoms. The van der Waals surface area contributed by atoms with Crippen molar-refractivity contribution in [2.24, 2.45) is 5.73 Å². The van der Waals surface area contributed by atoms with Crippen LogP contribution in [0.25, 0.3) is 22.2 Å². The lowest BCUT2D eigenvalue weighted by molar-refractivity contribution is -0.123. The third-order valence-electron chi connectivity index (χ3n) is 6.67. The number of nitrogens with two attached hydrogens (primary N) is 1. The number of primary amides is 1. The molecule has 0 spiro atoms. The Morgan fingerprint density at radius 2 is 1.33 bits per heavy atom. The van der Waals surface area contributed by atoms with E-state index in [1.165, 1.54) is 0 Å². The van der Waals surface area contributed by atoms with E-state index in [9.17, 15) is 14.4 Å². The number of hydrogen-bond donors (Lipinski definition) is 3. The SMILES string of the molecule is Cc1cc(C)cc(-c2c(CC(=O)NC(C)(C)C)c3cc(C(C)(C)C(N)=O)ccc3n2CC(=O)NC(C)(C)C)c1. The van der Waals surface area contributed by atoms with E-state index in [4.69, 9.17) is 5.73 Å². The van der Waals surface area contributed by atoms with Gasteiger partial charge in [0.2, 0.25) is 17.7 Å². The molecule has 3 rings (SSSR count). The van der Waals surface area contributed by atoms with Gasteiger partial charge >= 0.3 is 0 Å². The number of aromatic nitrogens is 1. The zero-order valence-electron chi connectivity index (χ0n) is 25.1. The molecule has 0 fully saturated rings. The van der Waals surface area contributed by atoms with Gasteiger partial charge in [-0.25, -0.2) is 0 Å². The third kappa shape index (κ3) is 7.08. The summed E-state index contributed by atoms with van der Waals surface area (Å²) < 4.78 is 1.99. The zero-order chi connectivity index (χ0) is 29.5. The summed E-state index contributed by atoms with van der Waals surface area (Å²) in [5.74, 6) is -0.685. The molecular weight excluding hydrogens is 488 g/mol. The van der Waals surface area contributed by atoms with Crippen molar-refractivity contribution < 1.29 is 14.4 Å². The minimum Gasteiger partial charge on any atom is -0.369 e. The van der Waals surface area contributed by atoms with Crippen LogP contribution in [0.4, 0.5) is 0 Å². The molecule has 0 saturated carbocycles. The Bertz CT molecular complexity index is 1410. The molecule has 7 heteroatoms. The summed E-state index contributed by atoms with van der Waals surface area (Å²) in [5, 5.41) is 6.96. The molecule has 0 unspecified atom stereocenters. The minimum absolute atomic E-state index is 0.0789. The molecule has 2 aromatic carbocycles. The highest BCUT2D eigenvalue weighted by Crippen LogP contribution is 2.38. The van der Waals surface area contributed by atoms with Crippen molar-refractivity contribution in [3.05, 3.63) is 58.7 Å². The second kappa shape index (κ2) is 10.5. The number of aryl methyl sites for hydroxylation is 2. The van der Waals surface area contributed by atoms with Crippen molar-refractivity contribution in [2.75, 3.05) is 0 Å². The van der Waals surface area contributed by atoms with Gasteiger partial charge in [-0.3, -0.25) is 14.4 Å². The quantitative estimate of drug-likeness (QED) is 0.396. The molecular formula is C32H44N4O3. The van der Waals surface area contributed by atoms with Crippen LogP contribution in [0.15, 0.2) is 36.4 Å². The van der Waals surface area contributed by atoms with Crippen molar-refractivity contribution in [1.82, 2.24) is 15.2 Å². The van der Waals surface area contributed by atoms with Gasteiger partial charge in [0.05, 0.1) is 17.5 Å². The van der Waals surface area contributed by atoms with Crippen LogP contribution in [-0.2, 0) is 32.8 Å². The molecule has 0 atom stereocenters. The van der Waals surface area contributed by atoms with E-state index in [0.717, 1.165) is 44.4 Å². The van der Waals surface area contributed by atoms with E-state index < -0.39 is 22.4 Å². The molecule has 1 heterocycles. The predicted molar refractivity (Wildman–Crippen MR) is 159 cm³/mol. The van der Waals surface area contributed by atoms with Crippen LogP contribution in [0.3, 0.4) is 0 Å². The monoisotopic (exact) mass is 532 g/mol. The number of nitrogens with one attached hydrogen (secondary N) is 2. The Labute approximate surface area is 232 Å². The second-order valence-corrected chi connectivity index (χ2v) is 13.3. The summed E-state index contributed by atoms with van der Waals surface area (Å²) in [5.41, 5.74) is 10.3. The molecule has 0 radical (unpaired) electrons. The van der Waals surface area contributed by atoms with Crippen molar-refractivity contribution in [2.45, 2.75) is 98.7 Å². The summed E-state index contributed by atoms with van der Waals surface area (Å²) in [4.78, 5) is 38.9. The summed E-state index contributed by atoms with van der Waals surface area (Å²) in [6.07, 6.45) is 0.116. The van der Waals surface area contributed by atoms with E-state index >= 15 is 0 Å². The van der Waals surface area contributed by atoms with Crippen LogP contribution in [0, 0.1) is 13.8 Å². The Morgan fingerprint density at radius 1 is 0.795 bits per heavy atom. The Morgan fingerprint density at radius 3 is 1.85 bits per heavy atom. The van der Waals surface area contributed by atoms with Gasteiger partial charge in [0.25, 0.3) is 0 Å². The first kappa shape index (κ1) is 29.9. The van der Waals surface area contributed by atoms with Crippen molar-refractivity contribution in [3.8, 4) is 11.3 Å². The van der Waals surface area contributed by atoms with Gasteiger partial charge in [-0.2, -0.15) is 0 Å². The summed E-state index contributed by atoms with van der Waals surface area (Å²) >= 11 is 0. The van der Waals surface area contributed by atoms with Gasteiger partial charge < -0.3 is 20.9 Å². The van der Waals surface area contributed by atoms with E-state index in [1.807, 2.05) is 78.2 Å². The van der Waals surface area contributed by atoms with Crippen molar-refractivity contribution >= 4 is 28.6 Å². The zero-order valence-corrected chi connectivity index (χ0v) is 25.1. The maximum Gasteiger partial charge on any atom is 0.240 e. The van der Waals surface area contributed by atoms with Crippen LogP contribution in [0.5, 0.6) is 0 Å². The van der Waals surface area contributed by atoms with Gasteiger partial charge in [0.1, 0.15) is 6.54 Å². The highest BCUT2D eigenvalue weighted by Gasteiger charge is 2.30. The Balaban J connectivity index is 2.39. The smallest absolute Gasteiger partial charge is 0.240 e. The standard InChI is InChI=1S/C32H44N4O3/c1-19-13-20(2)15-21(14-19)28-24(17-26(37)34-30(3,4)5)23-16-22(32(9,10)29(33)39)11-12-25(23)36(28)18-27(38)35-31(6,7)8/h11-16H,17-18H2,1-10H3,(H2,33,39)(H,34,37)(H,35,38). The van der Waals surface area contributed by atoms with E-state index in [2.05, 4.69) is 28.8 Å². The highest BCUT2D eigenvalue weighted by atomic mass is 16.2. The normalized spacial score (nSPS) is 12.5. The van der Waals surface area contributed by atoms with Crippen molar-refractivity contribution in [3.63, 3.8) is 0 Å². The molecule has 4 N–H and O–H groups in total. The van der Waals surface area contributed by atoms with Crippen LogP contribution >= 0.6 is 0 Å². The molecule has 1 aromatic heterocycles. The summed E-state index contributed by atoms with van der Waals surface area (Å²) in [7, 11) is 0. The lowest BCUT2D eigenvalue weighted by atomic mass is 9.83. The topological polar surface area (TPSA) is 106 Å². The fourth-order valence-corrected chi connectivity index (χ4v) is 4.96. The van der Waals surface area contributed by atoms with Crippen LogP contribution in [-0.4, -0.2) is 33.4 Å². The Kier molecular flexibility index (Phi) is 8.07. The maximum absolute atomic E-state index is 13.3. The van der Waals surface area contributed by atoms with Gasteiger partial charge in [0.15, 0.2) is 0 Å². The van der Waals surface area contributed by atoms with Crippen LogP contribution < -0.4 is 16.4 Å². The highest BCUT2D eigenvalue weighted by molar-refractivity contribution is 5.98. The number of benzene rings is 2. The molecule has 210 valence electrons. The second-order valence-electron chi connectivity index (χ2n) is 13.3. The first-order chi connectivity index (χ1) is 17.8. The fraction of sp³-hybridized carbons (Fsp3) is 0.469. The average molecular weight is 533 g/mol. The van der Waals surface area contributed by atoms with E-state index in [0.29, 0.717) is 0 Å². The van der Waals surface area contributed by atoms with E-state index in [-0.39, 0.29) is 24.8 Å². The van der Waals surface area contributed by atoms with Gasteiger partial charge in [-0.15, -0.1) is 0 Å². The fourth-order valence-electron chi connectivity index (χ4n) is 4.96. The molecule has 3 aromatic rings. The molecule has 0 aliphatic rings. The molecule has 0 aliphatic heterocycles. The molecule has 0 saturated heterocycles. The largest absolute Gasteiger partial charge is 0.369 e. The minimum atomic E-state index is -0.912. The molecule has 7 nitrogen and oxygen atoms in total. The molecule has 39 heavy (non-hydrogen) atoms. The first-order valence-electron chi connectivity index (χ1n) is 13.4. The summed E-state index contributed by atoms with van der Waals surface area (Å²) in [6.45, 7) is 19.4.